The second-order valence-corrected chi connectivity index (χ2v) is 5.32. The Labute approximate surface area is 149 Å². The molecule has 1 aromatic heterocycles. The number of hydrogen-bond acceptors (Lipinski definition) is 5. The van der Waals surface area contributed by atoms with E-state index in [0.29, 0.717) is 23.7 Å². The van der Waals surface area contributed by atoms with Gasteiger partial charge in [0.15, 0.2) is 23.9 Å². The normalized spacial score (nSPS) is 10.3. The summed E-state index contributed by atoms with van der Waals surface area (Å²) in [6, 6.07) is 15.9. The highest BCUT2D eigenvalue weighted by atomic mass is 16.5. The predicted molar refractivity (Wildman–Crippen MR) is 94.9 cm³/mol. The number of benzene rings is 2. The number of furan rings is 1. The summed E-state index contributed by atoms with van der Waals surface area (Å²) in [5, 5.41) is 0.805. The van der Waals surface area contributed by atoms with E-state index >= 15 is 0 Å². The molecule has 0 spiro atoms. The molecule has 2 aromatic carbocycles. The van der Waals surface area contributed by atoms with Crippen molar-refractivity contribution in [3.8, 4) is 11.5 Å². The number of nitrogens with one attached hydrogen (secondary N) is 2. The van der Waals surface area contributed by atoms with Gasteiger partial charge in [0.05, 0.1) is 6.61 Å². The van der Waals surface area contributed by atoms with Gasteiger partial charge in [-0.25, -0.2) is 0 Å². The van der Waals surface area contributed by atoms with Crippen molar-refractivity contribution in [3.05, 3.63) is 60.4 Å². The van der Waals surface area contributed by atoms with Crippen molar-refractivity contribution >= 4 is 22.8 Å². The number of carbonyl (C=O) groups excluding carboxylic acids is 2. The molecule has 3 aromatic rings. The van der Waals surface area contributed by atoms with E-state index < -0.39 is 11.8 Å². The molecule has 26 heavy (non-hydrogen) atoms. The maximum atomic E-state index is 12.1. The van der Waals surface area contributed by atoms with Gasteiger partial charge in [0, 0.05) is 5.39 Å². The van der Waals surface area contributed by atoms with Gasteiger partial charge in [-0.2, -0.15) is 0 Å². The molecule has 3 rings (SSSR count). The van der Waals surface area contributed by atoms with Crippen molar-refractivity contribution in [3.63, 3.8) is 0 Å². The second-order valence-electron chi connectivity index (χ2n) is 5.32. The van der Waals surface area contributed by atoms with E-state index in [-0.39, 0.29) is 12.4 Å². The molecule has 0 unspecified atom stereocenters. The van der Waals surface area contributed by atoms with E-state index in [0.717, 1.165) is 5.39 Å². The van der Waals surface area contributed by atoms with Gasteiger partial charge >= 0.3 is 5.91 Å². The summed E-state index contributed by atoms with van der Waals surface area (Å²) in [6.07, 6.45) is 0. The Bertz CT molecular complexity index is 886. The lowest BCUT2D eigenvalue weighted by molar-refractivity contribution is -0.123. The highest BCUT2D eigenvalue weighted by molar-refractivity contribution is 5.97. The number of hydrogen-bond donors (Lipinski definition) is 2. The summed E-state index contributed by atoms with van der Waals surface area (Å²) in [6.45, 7) is 2.07. The Kier molecular flexibility index (Phi) is 5.38. The Morgan fingerprint density at radius 3 is 2.38 bits per heavy atom. The largest absolute Gasteiger partial charge is 0.490 e. The predicted octanol–water partition coefficient (Wildman–Crippen LogP) is 2.67. The maximum absolute atomic E-state index is 12.1. The van der Waals surface area contributed by atoms with Gasteiger partial charge in [-0.1, -0.05) is 30.3 Å². The van der Waals surface area contributed by atoms with Crippen molar-refractivity contribution in [1.82, 2.24) is 10.9 Å². The number of amides is 2. The Morgan fingerprint density at radius 2 is 1.65 bits per heavy atom. The fourth-order valence-corrected chi connectivity index (χ4v) is 2.31. The Hall–Kier alpha value is -3.48. The molecule has 0 fully saturated rings. The lowest BCUT2D eigenvalue weighted by atomic mass is 10.2. The number of fused-ring (bicyclic) bond motifs is 1. The van der Waals surface area contributed by atoms with Crippen LogP contribution in [0.2, 0.25) is 0 Å². The number of para-hydroxylation sites is 3. The SMILES string of the molecule is CCOc1ccccc1OCC(=O)NNC(=O)c1cc2ccccc2o1. The maximum Gasteiger partial charge on any atom is 0.305 e. The van der Waals surface area contributed by atoms with Crippen LogP contribution in [-0.2, 0) is 4.79 Å². The second kappa shape index (κ2) is 8.06. The van der Waals surface area contributed by atoms with Gasteiger partial charge in [0.25, 0.3) is 5.91 Å². The van der Waals surface area contributed by atoms with Crippen LogP contribution in [0, 0.1) is 0 Å². The summed E-state index contributed by atoms with van der Waals surface area (Å²) in [5.41, 5.74) is 5.17. The summed E-state index contributed by atoms with van der Waals surface area (Å²) in [7, 11) is 0. The van der Waals surface area contributed by atoms with Crippen molar-refractivity contribution in [2.45, 2.75) is 6.92 Å². The molecule has 134 valence electrons. The van der Waals surface area contributed by atoms with E-state index in [9.17, 15) is 9.59 Å². The standard InChI is InChI=1S/C19H18N2O5/c1-2-24-15-9-5-6-10-16(15)25-12-18(22)20-21-19(23)17-11-13-7-3-4-8-14(13)26-17/h3-11H,2,12H2,1H3,(H,20,22)(H,21,23). The van der Waals surface area contributed by atoms with Crippen LogP contribution < -0.4 is 20.3 Å². The molecule has 0 aliphatic heterocycles. The molecule has 0 radical (unpaired) electrons. The van der Waals surface area contributed by atoms with Gasteiger partial charge in [0.2, 0.25) is 0 Å². The van der Waals surface area contributed by atoms with E-state index in [1.54, 1.807) is 30.3 Å². The third-order valence-electron chi connectivity index (χ3n) is 3.47. The van der Waals surface area contributed by atoms with Crippen molar-refractivity contribution in [2.75, 3.05) is 13.2 Å². The number of carbonyl (C=O) groups is 2. The third-order valence-corrected chi connectivity index (χ3v) is 3.47. The first-order valence-electron chi connectivity index (χ1n) is 8.09. The molecular formula is C19H18N2O5. The fourth-order valence-electron chi connectivity index (χ4n) is 2.31. The molecule has 2 amide bonds. The monoisotopic (exact) mass is 354 g/mol. The van der Waals surface area contributed by atoms with Crippen molar-refractivity contribution in [2.24, 2.45) is 0 Å². The smallest absolute Gasteiger partial charge is 0.305 e. The average Bonchev–Trinajstić information content (AvgIpc) is 3.10. The summed E-state index contributed by atoms with van der Waals surface area (Å²) < 4.78 is 16.3. The molecule has 2 N–H and O–H groups in total. The highest BCUT2D eigenvalue weighted by Crippen LogP contribution is 2.26. The van der Waals surface area contributed by atoms with Gasteiger partial charge < -0.3 is 13.9 Å². The van der Waals surface area contributed by atoms with Crippen LogP contribution in [-0.4, -0.2) is 25.0 Å². The number of rotatable bonds is 6. The van der Waals surface area contributed by atoms with Crippen LogP contribution in [0.4, 0.5) is 0 Å². The van der Waals surface area contributed by atoms with Crippen LogP contribution >= 0.6 is 0 Å². The van der Waals surface area contributed by atoms with Crippen molar-refractivity contribution in [1.29, 1.82) is 0 Å². The zero-order chi connectivity index (χ0) is 18.4. The van der Waals surface area contributed by atoms with E-state index in [1.807, 2.05) is 31.2 Å². The molecule has 1 heterocycles. The molecule has 0 bridgehead atoms. The highest BCUT2D eigenvalue weighted by Gasteiger charge is 2.13. The van der Waals surface area contributed by atoms with Crippen molar-refractivity contribution < 1.29 is 23.5 Å². The molecule has 7 nitrogen and oxygen atoms in total. The minimum Gasteiger partial charge on any atom is -0.490 e. The fraction of sp³-hybridized carbons (Fsp3) is 0.158. The number of hydrazine groups is 1. The summed E-state index contributed by atoms with van der Waals surface area (Å²) in [4.78, 5) is 23.9. The van der Waals surface area contributed by atoms with Gasteiger partial charge in [-0.05, 0) is 31.2 Å². The average molecular weight is 354 g/mol. The van der Waals surface area contributed by atoms with Crippen LogP contribution in [0.5, 0.6) is 11.5 Å². The molecule has 0 saturated heterocycles. The van der Waals surface area contributed by atoms with Crippen LogP contribution in [0.25, 0.3) is 11.0 Å². The van der Waals surface area contributed by atoms with Crippen LogP contribution in [0.3, 0.4) is 0 Å². The molecule has 0 aliphatic carbocycles. The molecular weight excluding hydrogens is 336 g/mol. The minimum absolute atomic E-state index is 0.106. The lowest BCUT2D eigenvalue weighted by Crippen LogP contribution is -2.43. The quantitative estimate of drug-likeness (QED) is 0.664. The zero-order valence-corrected chi connectivity index (χ0v) is 14.2. The molecule has 0 aliphatic rings. The molecule has 7 heteroatoms. The van der Waals surface area contributed by atoms with E-state index in [2.05, 4.69) is 10.9 Å². The Morgan fingerprint density at radius 1 is 0.962 bits per heavy atom. The van der Waals surface area contributed by atoms with Gasteiger partial charge in [0.1, 0.15) is 5.58 Å². The van der Waals surface area contributed by atoms with E-state index in [4.69, 9.17) is 13.9 Å². The third kappa shape index (κ3) is 4.13. The number of ether oxygens (including phenoxy) is 2. The first kappa shape index (κ1) is 17.3. The molecule has 0 atom stereocenters. The van der Waals surface area contributed by atoms with Gasteiger partial charge in [-0.3, -0.25) is 20.4 Å². The Balaban J connectivity index is 1.51. The zero-order valence-electron chi connectivity index (χ0n) is 14.2. The van der Waals surface area contributed by atoms with Crippen LogP contribution in [0.1, 0.15) is 17.5 Å². The first-order chi connectivity index (χ1) is 12.7. The van der Waals surface area contributed by atoms with Crippen LogP contribution in [0.15, 0.2) is 59.0 Å². The first-order valence-corrected chi connectivity index (χ1v) is 8.09. The minimum atomic E-state index is -0.552. The van der Waals surface area contributed by atoms with Gasteiger partial charge in [-0.15, -0.1) is 0 Å². The van der Waals surface area contributed by atoms with E-state index in [1.165, 1.54) is 0 Å². The lowest BCUT2D eigenvalue weighted by Gasteiger charge is -2.11. The molecule has 0 saturated carbocycles. The summed E-state index contributed by atoms with van der Waals surface area (Å²) >= 11 is 0. The topological polar surface area (TPSA) is 89.8 Å². The summed E-state index contributed by atoms with van der Waals surface area (Å²) in [5.74, 6) is 0.0429.